The molecule has 2 aromatic heterocycles. The molecule has 0 saturated heterocycles. The van der Waals surface area contributed by atoms with E-state index >= 15 is 0 Å². The van der Waals surface area contributed by atoms with E-state index in [1.54, 1.807) is 0 Å². The van der Waals surface area contributed by atoms with Gasteiger partial charge in [-0.1, -0.05) is 0 Å². The van der Waals surface area contributed by atoms with Crippen molar-refractivity contribution in [2.24, 2.45) is 0 Å². The highest BCUT2D eigenvalue weighted by atomic mass is 16.4. The molecule has 0 spiro atoms. The first-order valence-corrected chi connectivity index (χ1v) is 5.69. The molecule has 2 rings (SSSR count). The Labute approximate surface area is 107 Å². The smallest absolute Gasteiger partial charge is 0.325 e. The Morgan fingerprint density at radius 1 is 1.16 bits per heavy atom. The number of hydrogen-bond donors (Lipinski definition) is 1. The number of carboxylic acid groups (broad SMARTS) is 1. The van der Waals surface area contributed by atoms with Crippen molar-refractivity contribution in [2.75, 3.05) is 18.1 Å². The molecule has 2 heterocycles. The van der Waals surface area contributed by atoms with Gasteiger partial charge in [0.05, 0.1) is 0 Å². The standard InChI is InChI=1S/C8H13N9O2/c1-3-15(4-2)17-8(10-12-14-17)7-9-11-13-16(7)5-6(18)19/h3-5H2,1-2H3,(H,18,19). The van der Waals surface area contributed by atoms with Crippen LogP contribution in [0.1, 0.15) is 13.8 Å². The summed E-state index contributed by atoms with van der Waals surface area (Å²) in [5.74, 6) is -0.537. The van der Waals surface area contributed by atoms with Crippen molar-refractivity contribution in [1.29, 1.82) is 0 Å². The molecule has 0 aliphatic carbocycles. The molecule has 102 valence electrons. The van der Waals surface area contributed by atoms with Crippen LogP contribution in [0.15, 0.2) is 0 Å². The van der Waals surface area contributed by atoms with Gasteiger partial charge < -0.3 is 5.11 Å². The molecule has 0 saturated carbocycles. The van der Waals surface area contributed by atoms with Gasteiger partial charge >= 0.3 is 5.97 Å². The second-order valence-corrected chi connectivity index (χ2v) is 3.58. The van der Waals surface area contributed by atoms with E-state index in [0.29, 0.717) is 18.9 Å². The van der Waals surface area contributed by atoms with Crippen molar-refractivity contribution >= 4 is 5.97 Å². The van der Waals surface area contributed by atoms with E-state index in [4.69, 9.17) is 5.11 Å². The van der Waals surface area contributed by atoms with Gasteiger partial charge in [-0.05, 0) is 34.7 Å². The van der Waals surface area contributed by atoms with Crippen molar-refractivity contribution in [3.05, 3.63) is 0 Å². The number of carbonyl (C=O) groups is 1. The van der Waals surface area contributed by atoms with Crippen LogP contribution in [0.3, 0.4) is 0 Å². The van der Waals surface area contributed by atoms with Crippen molar-refractivity contribution in [3.8, 4) is 11.6 Å². The van der Waals surface area contributed by atoms with Gasteiger partial charge in [0.2, 0.25) is 11.6 Å². The minimum atomic E-state index is -1.05. The van der Waals surface area contributed by atoms with Gasteiger partial charge in [-0.2, -0.15) is 0 Å². The second-order valence-electron chi connectivity index (χ2n) is 3.58. The van der Waals surface area contributed by atoms with Gasteiger partial charge in [0.25, 0.3) is 0 Å². The van der Waals surface area contributed by atoms with Crippen molar-refractivity contribution in [3.63, 3.8) is 0 Å². The van der Waals surface area contributed by atoms with E-state index in [0.717, 1.165) is 4.68 Å². The van der Waals surface area contributed by atoms with E-state index in [2.05, 4.69) is 31.1 Å². The highest BCUT2D eigenvalue weighted by Gasteiger charge is 2.20. The van der Waals surface area contributed by atoms with Crippen LogP contribution in [0.4, 0.5) is 0 Å². The molecular formula is C8H13N9O2. The summed E-state index contributed by atoms with van der Waals surface area (Å²) in [4.78, 5) is 12.2. The Hall–Kier alpha value is -2.59. The fourth-order valence-corrected chi connectivity index (χ4v) is 1.60. The lowest BCUT2D eigenvalue weighted by molar-refractivity contribution is -0.137. The van der Waals surface area contributed by atoms with Crippen LogP contribution in [0.25, 0.3) is 11.6 Å². The van der Waals surface area contributed by atoms with E-state index < -0.39 is 5.97 Å². The zero-order valence-corrected chi connectivity index (χ0v) is 10.5. The number of carboxylic acids is 1. The molecule has 0 amide bonds. The fraction of sp³-hybridized carbons (Fsp3) is 0.625. The van der Waals surface area contributed by atoms with E-state index in [1.165, 1.54) is 4.79 Å². The summed E-state index contributed by atoms with van der Waals surface area (Å²) in [5, 5.41) is 32.8. The predicted octanol–water partition coefficient (Wildman–Crippen LogP) is -1.61. The fourth-order valence-electron chi connectivity index (χ4n) is 1.60. The molecule has 0 aromatic carbocycles. The molecule has 0 unspecified atom stereocenters. The van der Waals surface area contributed by atoms with Crippen LogP contribution in [-0.4, -0.2) is 64.7 Å². The molecule has 0 aliphatic rings. The van der Waals surface area contributed by atoms with Gasteiger partial charge in [0, 0.05) is 13.1 Å². The molecule has 0 fully saturated rings. The lowest BCUT2D eigenvalue weighted by Gasteiger charge is -2.20. The zero-order chi connectivity index (χ0) is 13.8. The number of tetrazole rings is 2. The number of aromatic nitrogens is 8. The Morgan fingerprint density at radius 2 is 1.79 bits per heavy atom. The Morgan fingerprint density at radius 3 is 2.42 bits per heavy atom. The highest BCUT2D eigenvalue weighted by molar-refractivity contribution is 5.67. The topological polar surface area (TPSA) is 128 Å². The molecular weight excluding hydrogens is 254 g/mol. The summed E-state index contributed by atoms with van der Waals surface area (Å²) in [7, 11) is 0. The first-order valence-electron chi connectivity index (χ1n) is 5.69. The first-order chi connectivity index (χ1) is 9.17. The summed E-state index contributed by atoms with van der Waals surface area (Å²) in [6.07, 6.45) is 0. The minimum absolute atomic E-state index is 0.208. The second kappa shape index (κ2) is 5.37. The van der Waals surface area contributed by atoms with Gasteiger partial charge in [-0.15, -0.1) is 15.0 Å². The normalized spacial score (nSPS) is 10.6. The summed E-state index contributed by atoms with van der Waals surface area (Å²) in [6, 6.07) is 0. The Bertz CT molecular complexity index is 558. The largest absolute Gasteiger partial charge is 0.480 e. The van der Waals surface area contributed by atoms with Crippen LogP contribution in [0.5, 0.6) is 0 Å². The summed E-state index contributed by atoms with van der Waals surface area (Å²) in [6.45, 7) is 4.93. The summed E-state index contributed by atoms with van der Waals surface area (Å²) < 4.78 is 1.13. The molecule has 11 nitrogen and oxygen atoms in total. The summed E-state index contributed by atoms with van der Waals surface area (Å²) in [5.41, 5.74) is 0. The van der Waals surface area contributed by atoms with E-state index in [1.807, 2.05) is 18.9 Å². The Balaban J connectivity index is 2.40. The minimum Gasteiger partial charge on any atom is -0.480 e. The molecule has 0 atom stereocenters. The van der Waals surface area contributed by atoms with Gasteiger partial charge in [-0.25, -0.2) is 4.68 Å². The number of hydrogen-bond acceptors (Lipinski definition) is 8. The molecule has 0 radical (unpaired) electrons. The zero-order valence-electron chi connectivity index (χ0n) is 10.5. The van der Waals surface area contributed by atoms with Crippen LogP contribution >= 0.6 is 0 Å². The third kappa shape index (κ3) is 2.48. The number of aliphatic carboxylic acids is 1. The maximum atomic E-state index is 10.7. The maximum absolute atomic E-state index is 10.7. The average Bonchev–Trinajstić information content (AvgIpc) is 2.99. The van der Waals surface area contributed by atoms with Crippen LogP contribution < -0.4 is 5.01 Å². The van der Waals surface area contributed by atoms with Crippen molar-refractivity contribution in [2.45, 2.75) is 20.4 Å². The number of rotatable bonds is 6. The Kier molecular flexibility index (Phi) is 3.63. The van der Waals surface area contributed by atoms with Gasteiger partial charge in [0.1, 0.15) is 6.54 Å². The maximum Gasteiger partial charge on any atom is 0.325 e. The van der Waals surface area contributed by atoms with Crippen molar-refractivity contribution < 1.29 is 9.90 Å². The third-order valence-electron chi connectivity index (χ3n) is 2.47. The van der Waals surface area contributed by atoms with E-state index in [9.17, 15) is 4.79 Å². The molecule has 1 N–H and O–H groups in total. The van der Waals surface area contributed by atoms with E-state index in [-0.39, 0.29) is 12.4 Å². The third-order valence-corrected chi connectivity index (χ3v) is 2.47. The molecule has 19 heavy (non-hydrogen) atoms. The van der Waals surface area contributed by atoms with Gasteiger partial charge in [-0.3, -0.25) is 9.80 Å². The van der Waals surface area contributed by atoms with Crippen molar-refractivity contribution in [1.82, 2.24) is 40.5 Å². The monoisotopic (exact) mass is 267 g/mol. The van der Waals surface area contributed by atoms with Crippen LogP contribution in [-0.2, 0) is 11.3 Å². The first kappa shape index (κ1) is 12.9. The SMILES string of the molecule is CCN(CC)n1nnnc1-c1nnnn1CC(=O)O. The average molecular weight is 267 g/mol. The van der Waals surface area contributed by atoms with Crippen LogP contribution in [0.2, 0.25) is 0 Å². The molecule has 0 aliphatic heterocycles. The quantitative estimate of drug-likeness (QED) is 0.657. The van der Waals surface area contributed by atoms with Gasteiger partial charge in [0.15, 0.2) is 0 Å². The molecule has 11 heteroatoms. The highest BCUT2D eigenvalue weighted by Crippen LogP contribution is 2.11. The summed E-state index contributed by atoms with van der Waals surface area (Å²) >= 11 is 0. The lowest BCUT2D eigenvalue weighted by Crippen LogP contribution is -2.36. The lowest BCUT2D eigenvalue weighted by atomic mass is 10.5. The molecule has 2 aromatic rings. The van der Waals surface area contributed by atoms with Crippen LogP contribution in [0, 0.1) is 0 Å². The molecule has 0 bridgehead atoms. The number of nitrogens with zero attached hydrogens (tertiary/aromatic N) is 9. The predicted molar refractivity (Wildman–Crippen MR) is 61.6 cm³/mol.